The van der Waals surface area contributed by atoms with Gasteiger partial charge in [0, 0.05) is 12.2 Å². The van der Waals surface area contributed by atoms with Crippen LogP contribution < -0.4 is 19.7 Å². The monoisotopic (exact) mass is 467 g/mol. The van der Waals surface area contributed by atoms with E-state index in [1.54, 1.807) is 24.3 Å². The first-order valence-electron chi connectivity index (χ1n) is 10.5. The predicted octanol–water partition coefficient (Wildman–Crippen LogP) is 5.04. The first-order chi connectivity index (χ1) is 15.5. The molecule has 0 atom stereocenters. The zero-order valence-electron chi connectivity index (χ0n) is 17.7. The number of nitrogens with zero attached hydrogens (tertiary/aromatic N) is 1. The van der Waals surface area contributed by atoms with Crippen LogP contribution >= 0.6 is 12.2 Å². The molecule has 0 aliphatic carbocycles. The van der Waals surface area contributed by atoms with Crippen molar-refractivity contribution in [3.63, 3.8) is 0 Å². The third-order valence-electron chi connectivity index (χ3n) is 5.20. The number of fused-ring (bicyclic) bond motifs is 1. The minimum atomic E-state index is -3.64. The van der Waals surface area contributed by atoms with E-state index in [-0.39, 0.29) is 4.90 Å². The van der Waals surface area contributed by atoms with E-state index in [0.29, 0.717) is 29.7 Å². The maximum Gasteiger partial charge on any atom is 0.264 e. The van der Waals surface area contributed by atoms with Crippen molar-refractivity contribution in [2.75, 3.05) is 28.1 Å². The normalized spacial score (nSPS) is 13.2. The van der Waals surface area contributed by atoms with Gasteiger partial charge < -0.3 is 15.4 Å². The summed E-state index contributed by atoms with van der Waals surface area (Å²) in [4.78, 5) is 0.250. The number of sulfonamides is 1. The standard InChI is InChI=1S/C24H25N3O3S2/c1-2-30-23-12-6-4-10-21(23)26-24(31)25-19-13-15-20(16-14-19)32(28,29)27-17-7-9-18-8-3-5-11-22(18)27/h3-6,8,10-16H,2,7,9,17H2,1H3,(H2,25,26,31). The first-order valence-corrected chi connectivity index (χ1v) is 12.3. The van der Waals surface area contributed by atoms with E-state index in [1.807, 2.05) is 55.5 Å². The number of hydrogen-bond donors (Lipinski definition) is 2. The summed E-state index contributed by atoms with van der Waals surface area (Å²) in [5, 5.41) is 6.60. The highest BCUT2D eigenvalue weighted by Gasteiger charge is 2.28. The summed E-state index contributed by atoms with van der Waals surface area (Å²) in [6.45, 7) is 2.95. The molecule has 1 aliphatic heterocycles. The number of nitrogens with one attached hydrogen (secondary N) is 2. The summed E-state index contributed by atoms with van der Waals surface area (Å²) in [5.41, 5.74) is 3.27. The van der Waals surface area contributed by atoms with Crippen LogP contribution in [0.2, 0.25) is 0 Å². The highest BCUT2D eigenvalue weighted by Crippen LogP contribution is 2.32. The Balaban J connectivity index is 1.47. The van der Waals surface area contributed by atoms with Crippen molar-refractivity contribution in [3.05, 3.63) is 78.4 Å². The van der Waals surface area contributed by atoms with Crippen LogP contribution in [-0.2, 0) is 16.4 Å². The van der Waals surface area contributed by atoms with Gasteiger partial charge in [-0.15, -0.1) is 0 Å². The summed E-state index contributed by atoms with van der Waals surface area (Å²) >= 11 is 5.41. The molecule has 0 saturated carbocycles. The lowest BCUT2D eigenvalue weighted by Crippen LogP contribution is -2.35. The summed E-state index contributed by atoms with van der Waals surface area (Å²) < 4.78 is 33.7. The van der Waals surface area contributed by atoms with Crippen molar-refractivity contribution in [1.29, 1.82) is 0 Å². The topological polar surface area (TPSA) is 70.7 Å². The molecule has 32 heavy (non-hydrogen) atoms. The second-order valence-corrected chi connectivity index (χ2v) is 9.61. The lowest BCUT2D eigenvalue weighted by molar-refractivity contribution is 0.342. The number of ether oxygens (including phenoxy) is 1. The minimum absolute atomic E-state index is 0.250. The molecule has 0 radical (unpaired) electrons. The van der Waals surface area contributed by atoms with Crippen LogP contribution in [-0.4, -0.2) is 26.7 Å². The maximum absolute atomic E-state index is 13.3. The fraction of sp³-hybridized carbons (Fsp3) is 0.208. The zero-order valence-corrected chi connectivity index (χ0v) is 19.4. The maximum atomic E-state index is 13.3. The van der Waals surface area contributed by atoms with Gasteiger partial charge in [-0.25, -0.2) is 8.42 Å². The van der Waals surface area contributed by atoms with Crippen molar-refractivity contribution in [1.82, 2.24) is 0 Å². The average Bonchev–Trinajstić information content (AvgIpc) is 2.80. The summed E-state index contributed by atoms with van der Waals surface area (Å²) in [5.74, 6) is 0.711. The van der Waals surface area contributed by atoms with Gasteiger partial charge >= 0.3 is 0 Å². The third-order valence-corrected chi connectivity index (χ3v) is 7.23. The molecule has 0 aromatic heterocycles. The van der Waals surface area contributed by atoms with E-state index < -0.39 is 10.0 Å². The highest BCUT2D eigenvalue weighted by molar-refractivity contribution is 7.92. The molecule has 0 bridgehead atoms. The number of benzene rings is 3. The van der Waals surface area contributed by atoms with Crippen molar-refractivity contribution >= 4 is 44.4 Å². The van der Waals surface area contributed by atoms with Gasteiger partial charge in [0.15, 0.2) is 5.11 Å². The van der Waals surface area contributed by atoms with Crippen molar-refractivity contribution in [2.24, 2.45) is 0 Å². The predicted molar refractivity (Wildman–Crippen MR) is 133 cm³/mol. The van der Waals surface area contributed by atoms with Crippen LogP contribution in [0.3, 0.4) is 0 Å². The molecule has 2 N–H and O–H groups in total. The quantitative estimate of drug-likeness (QED) is 0.495. The number of para-hydroxylation sites is 3. The molecule has 0 saturated heterocycles. The fourth-order valence-electron chi connectivity index (χ4n) is 3.72. The molecule has 6 nitrogen and oxygen atoms in total. The number of anilines is 3. The van der Waals surface area contributed by atoms with Gasteiger partial charge in [0.2, 0.25) is 0 Å². The smallest absolute Gasteiger partial charge is 0.264 e. The number of thiocarbonyl (C=S) groups is 1. The molecule has 0 amide bonds. The summed E-state index contributed by atoms with van der Waals surface area (Å²) in [7, 11) is -3.64. The largest absolute Gasteiger partial charge is 0.492 e. The van der Waals surface area contributed by atoms with E-state index in [4.69, 9.17) is 17.0 Å². The Morgan fingerprint density at radius 2 is 1.72 bits per heavy atom. The van der Waals surface area contributed by atoms with Crippen molar-refractivity contribution in [3.8, 4) is 5.75 Å². The second kappa shape index (κ2) is 9.58. The van der Waals surface area contributed by atoms with Gasteiger partial charge in [-0.05, 0) is 80.0 Å². The Bertz CT molecular complexity index is 1210. The molecule has 0 fully saturated rings. The van der Waals surface area contributed by atoms with Crippen LogP contribution in [0.15, 0.2) is 77.7 Å². The van der Waals surface area contributed by atoms with Gasteiger partial charge in [-0.3, -0.25) is 4.31 Å². The van der Waals surface area contributed by atoms with Crippen LogP contribution in [0.5, 0.6) is 5.75 Å². The lowest BCUT2D eigenvalue weighted by Gasteiger charge is -2.30. The highest BCUT2D eigenvalue weighted by atomic mass is 32.2. The zero-order chi connectivity index (χ0) is 22.6. The number of hydrogen-bond acceptors (Lipinski definition) is 4. The van der Waals surface area contributed by atoms with Crippen LogP contribution in [0.4, 0.5) is 17.1 Å². The Hall–Kier alpha value is -3.10. The fourth-order valence-corrected chi connectivity index (χ4v) is 5.49. The molecule has 1 aliphatic rings. The van der Waals surface area contributed by atoms with E-state index in [2.05, 4.69) is 10.6 Å². The SMILES string of the molecule is CCOc1ccccc1NC(=S)Nc1ccc(S(=O)(=O)N2CCCc3ccccc32)cc1. The summed E-state index contributed by atoms with van der Waals surface area (Å²) in [6.07, 6.45) is 1.70. The molecule has 0 spiro atoms. The number of rotatable bonds is 6. The van der Waals surface area contributed by atoms with Gasteiger partial charge in [-0.1, -0.05) is 30.3 Å². The molecule has 166 valence electrons. The minimum Gasteiger partial charge on any atom is -0.492 e. The Morgan fingerprint density at radius 1 is 1.00 bits per heavy atom. The van der Waals surface area contributed by atoms with Crippen molar-refractivity contribution in [2.45, 2.75) is 24.7 Å². The van der Waals surface area contributed by atoms with E-state index in [1.165, 1.54) is 4.31 Å². The lowest BCUT2D eigenvalue weighted by atomic mass is 10.0. The van der Waals surface area contributed by atoms with E-state index in [9.17, 15) is 8.42 Å². The van der Waals surface area contributed by atoms with Gasteiger partial charge in [0.1, 0.15) is 5.75 Å². The second-order valence-electron chi connectivity index (χ2n) is 7.34. The van der Waals surface area contributed by atoms with Gasteiger partial charge in [-0.2, -0.15) is 0 Å². The molecular weight excluding hydrogens is 442 g/mol. The Morgan fingerprint density at radius 3 is 2.50 bits per heavy atom. The molecular formula is C24H25N3O3S2. The average molecular weight is 468 g/mol. The van der Waals surface area contributed by atoms with E-state index in [0.717, 1.165) is 29.8 Å². The van der Waals surface area contributed by atoms with Crippen LogP contribution in [0, 0.1) is 0 Å². The molecule has 0 unspecified atom stereocenters. The van der Waals surface area contributed by atoms with Crippen LogP contribution in [0.1, 0.15) is 18.9 Å². The molecule has 3 aromatic carbocycles. The Kier molecular flexibility index (Phi) is 6.62. The molecule has 4 rings (SSSR count). The number of aryl methyl sites for hydroxylation is 1. The molecule has 8 heteroatoms. The summed E-state index contributed by atoms with van der Waals surface area (Å²) in [6, 6.07) is 21.8. The van der Waals surface area contributed by atoms with Gasteiger partial charge in [0.25, 0.3) is 10.0 Å². The third kappa shape index (κ3) is 4.71. The van der Waals surface area contributed by atoms with Gasteiger partial charge in [0.05, 0.1) is 22.9 Å². The van der Waals surface area contributed by atoms with E-state index >= 15 is 0 Å². The first kappa shape index (κ1) is 22.1. The van der Waals surface area contributed by atoms with Crippen molar-refractivity contribution < 1.29 is 13.2 Å². The molecule has 3 aromatic rings. The Labute approximate surface area is 194 Å². The van der Waals surface area contributed by atoms with Crippen LogP contribution in [0.25, 0.3) is 0 Å². The molecule has 1 heterocycles.